The number of rotatable bonds is 4. The summed E-state index contributed by atoms with van der Waals surface area (Å²) < 4.78 is 10.6. The van der Waals surface area contributed by atoms with Gasteiger partial charge in [-0.3, -0.25) is 14.5 Å². The molecule has 1 amide bonds. The summed E-state index contributed by atoms with van der Waals surface area (Å²) in [6.45, 7) is 5.43. The molecule has 128 valence electrons. The monoisotopic (exact) mass is 317 g/mol. The molecule has 0 aliphatic carbocycles. The minimum atomic E-state index is -0.250. The quantitative estimate of drug-likeness (QED) is 0.633. The Morgan fingerprint density at radius 2 is 2.09 bits per heavy atom. The van der Waals surface area contributed by atoms with Crippen LogP contribution in [0.25, 0.3) is 0 Å². The largest absolute Gasteiger partial charge is 0.483 e. The van der Waals surface area contributed by atoms with Crippen molar-refractivity contribution in [3.8, 4) is 0 Å². The Hall–Kier alpha value is -1.22. The van der Waals surface area contributed by atoms with Crippen LogP contribution < -0.4 is 5.32 Å². The lowest BCUT2D eigenvalue weighted by Gasteiger charge is -2.22. The Morgan fingerprint density at radius 1 is 1.36 bits per heavy atom. The number of amides is 1. The Kier molecular flexibility index (Phi) is 8.98. The molecule has 2 N–H and O–H groups in total. The second-order valence-corrected chi connectivity index (χ2v) is 5.52. The van der Waals surface area contributed by atoms with Gasteiger partial charge in [-0.2, -0.15) is 0 Å². The maximum absolute atomic E-state index is 12.0. The van der Waals surface area contributed by atoms with E-state index in [4.69, 9.17) is 19.4 Å². The van der Waals surface area contributed by atoms with Crippen molar-refractivity contribution in [2.24, 2.45) is 0 Å². The number of ether oxygens (including phenoxy) is 2. The van der Waals surface area contributed by atoms with E-state index in [9.17, 15) is 4.79 Å². The van der Waals surface area contributed by atoms with Gasteiger partial charge in [-0.25, -0.2) is 0 Å². The average molecular weight is 317 g/mol. The minimum Gasteiger partial charge on any atom is -0.483 e. The zero-order chi connectivity index (χ0) is 16.4. The Bertz CT molecular complexity index is 342. The maximum Gasteiger partial charge on any atom is 0.290 e. The van der Waals surface area contributed by atoms with Crippen LogP contribution in [0.5, 0.6) is 0 Å². The predicted octanol–water partition coefficient (Wildman–Crippen LogP) is -1.15. The molecule has 2 aliphatic rings. The molecular formula is C14H27N3O5. The molecule has 8 nitrogen and oxygen atoms in total. The lowest BCUT2D eigenvalue weighted by Crippen LogP contribution is -2.47. The number of nitrogens with one attached hydrogen (secondary N) is 1. The van der Waals surface area contributed by atoms with E-state index in [1.807, 2.05) is 0 Å². The van der Waals surface area contributed by atoms with Gasteiger partial charge in [0, 0.05) is 20.2 Å². The Labute approximate surface area is 131 Å². The highest BCUT2D eigenvalue weighted by Gasteiger charge is 2.29. The molecule has 2 aliphatic heterocycles. The van der Waals surface area contributed by atoms with Crippen molar-refractivity contribution in [2.45, 2.75) is 18.6 Å². The SMILES string of the molecule is CO[C@H]1COC[C@@H]1NC(=O)CN1CCCN(C)CC1.O=CO. The molecule has 22 heavy (non-hydrogen) atoms. The fourth-order valence-corrected chi connectivity index (χ4v) is 2.62. The van der Waals surface area contributed by atoms with Gasteiger partial charge in [-0.15, -0.1) is 0 Å². The fraction of sp³-hybridized carbons (Fsp3) is 0.857. The lowest BCUT2D eigenvalue weighted by atomic mass is 10.2. The van der Waals surface area contributed by atoms with Gasteiger partial charge < -0.3 is 24.8 Å². The minimum absolute atomic E-state index is 0.00727. The molecule has 0 spiro atoms. The molecule has 0 saturated carbocycles. The molecular weight excluding hydrogens is 290 g/mol. The number of likely N-dealkylation sites (N-methyl/N-ethyl adjacent to an activating group) is 1. The number of hydrogen-bond acceptors (Lipinski definition) is 6. The third-order valence-corrected chi connectivity index (χ3v) is 3.86. The molecule has 2 fully saturated rings. The summed E-state index contributed by atoms with van der Waals surface area (Å²) in [6, 6.07) is -0.00727. The second kappa shape index (κ2) is 10.5. The van der Waals surface area contributed by atoms with Gasteiger partial charge in [-0.1, -0.05) is 0 Å². The van der Waals surface area contributed by atoms with Crippen LogP contribution in [-0.4, -0.2) is 99.5 Å². The van der Waals surface area contributed by atoms with Gasteiger partial charge >= 0.3 is 0 Å². The van der Waals surface area contributed by atoms with Crippen LogP contribution in [0, 0.1) is 0 Å². The second-order valence-electron chi connectivity index (χ2n) is 5.52. The zero-order valence-corrected chi connectivity index (χ0v) is 13.4. The zero-order valence-electron chi connectivity index (χ0n) is 13.4. The first kappa shape index (κ1) is 18.8. The van der Waals surface area contributed by atoms with E-state index in [-0.39, 0.29) is 24.5 Å². The number of hydrogen-bond donors (Lipinski definition) is 2. The van der Waals surface area contributed by atoms with E-state index < -0.39 is 0 Å². The van der Waals surface area contributed by atoms with E-state index >= 15 is 0 Å². The van der Waals surface area contributed by atoms with Crippen molar-refractivity contribution in [3.05, 3.63) is 0 Å². The fourth-order valence-electron chi connectivity index (χ4n) is 2.62. The van der Waals surface area contributed by atoms with Crippen LogP contribution in [0.15, 0.2) is 0 Å². The van der Waals surface area contributed by atoms with Gasteiger partial charge in [-0.05, 0) is 26.6 Å². The van der Waals surface area contributed by atoms with Gasteiger partial charge in [0.2, 0.25) is 5.91 Å². The Balaban J connectivity index is 0.000000745. The van der Waals surface area contributed by atoms with Crippen molar-refractivity contribution in [3.63, 3.8) is 0 Å². The van der Waals surface area contributed by atoms with Gasteiger partial charge in [0.05, 0.1) is 25.8 Å². The van der Waals surface area contributed by atoms with Gasteiger partial charge in [0.1, 0.15) is 6.10 Å². The first-order valence-electron chi connectivity index (χ1n) is 7.49. The topological polar surface area (TPSA) is 91.3 Å². The molecule has 0 aromatic carbocycles. The summed E-state index contributed by atoms with van der Waals surface area (Å²) >= 11 is 0. The maximum atomic E-state index is 12.0. The normalized spacial score (nSPS) is 26.6. The summed E-state index contributed by atoms with van der Waals surface area (Å²) in [5.41, 5.74) is 0. The number of carbonyl (C=O) groups is 2. The van der Waals surface area contributed by atoms with Crippen molar-refractivity contribution < 1.29 is 24.2 Å². The number of carboxylic acid groups (broad SMARTS) is 1. The molecule has 0 bridgehead atoms. The van der Waals surface area contributed by atoms with Crippen LogP contribution in [0.4, 0.5) is 0 Å². The van der Waals surface area contributed by atoms with E-state index in [0.717, 1.165) is 32.6 Å². The summed E-state index contributed by atoms with van der Waals surface area (Å²) in [7, 11) is 3.78. The van der Waals surface area contributed by atoms with Crippen molar-refractivity contribution in [2.75, 3.05) is 60.1 Å². The molecule has 2 rings (SSSR count). The molecule has 2 atom stereocenters. The van der Waals surface area contributed by atoms with E-state index in [0.29, 0.717) is 19.8 Å². The number of methoxy groups -OCH3 is 1. The van der Waals surface area contributed by atoms with Crippen molar-refractivity contribution in [1.29, 1.82) is 0 Å². The Morgan fingerprint density at radius 3 is 2.77 bits per heavy atom. The summed E-state index contributed by atoms with van der Waals surface area (Å²) in [5.74, 6) is 0.0714. The van der Waals surface area contributed by atoms with E-state index in [2.05, 4.69) is 22.2 Å². The summed E-state index contributed by atoms with van der Waals surface area (Å²) in [6.07, 6.45) is 1.11. The first-order chi connectivity index (χ1) is 10.6. The van der Waals surface area contributed by atoms with Crippen molar-refractivity contribution >= 4 is 12.4 Å². The van der Waals surface area contributed by atoms with Gasteiger partial charge in [0.25, 0.3) is 6.47 Å². The molecule has 2 heterocycles. The summed E-state index contributed by atoms with van der Waals surface area (Å²) in [5, 5.41) is 9.90. The third kappa shape index (κ3) is 6.69. The highest BCUT2D eigenvalue weighted by molar-refractivity contribution is 5.78. The van der Waals surface area contributed by atoms with Crippen LogP contribution >= 0.6 is 0 Å². The highest BCUT2D eigenvalue weighted by atomic mass is 16.5. The molecule has 0 unspecified atom stereocenters. The van der Waals surface area contributed by atoms with E-state index in [1.165, 1.54) is 0 Å². The van der Waals surface area contributed by atoms with Crippen LogP contribution in [0.3, 0.4) is 0 Å². The molecule has 8 heteroatoms. The van der Waals surface area contributed by atoms with Crippen LogP contribution in [0.1, 0.15) is 6.42 Å². The highest BCUT2D eigenvalue weighted by Crippen LogP contribution is 2.09. The van der Waals surface area contributed by atoms with Crippen LogP contribution in [0.2, 0.25) is 0 Å². The first-order valence-corrected chi connectivity index (χ1v) is 7.49. The van der Waals surface area contributed by atoms with Crippen molar-refractivity contribution in [1.82, 2.24) is 15.1 Å². The third-order valence-electron chi connectivity index (χ3n) is 3.86. The molecule has 0 radical (unpaired) electrons. The predicted molar refractivity (Wildman–Crippen MR) is 80.8 cm³/mol. The average Bonchev–Trinajstić information content (AvgIpc) is 2.82. The van der Waals surface area contributed by atoms with Crippen LogP contribution in [-0.2, 0) is 19.1 Å². The smallest absolute Gasteiger partial charge is 0.290 e. The summed E-state index contributed by atoms with van der Waals surface area (Å²) in [4.78, 5) is 24.9. The lowest BCUT2D eigenvalue weighted by molar-refractivity contribution is -0.124. The van der Waals surface area contributed by atoms with Gasteiger partial charge in [0.15, 0.2) is 0 Å². The number of nitrogens with zero attached hydrogens (tertiary/aromatic N) is 2. The van der Waals surface area contributed by atoms with E-state index in [1.54, 1.807) is 7.11 Å². The molecule has 0 aromatic heterocycles. The number of carbonyl (C=O) groups excluding carboxylic acids is 1. The molecule has 2 saturated heterocycles. The standard InChI is InChI=1S/C13H25N3O3.CH2O2/c1-15-4-3-5-16(7-6-15)8-13(17)14-11-9-19-10-12(11)18-2;2-1-3/h11-12H,3-10H2,1-2H3,(H,14,17);1H,(H,2,3)/t11-,12-;/m0./s1. The molecule has 0 aromatic rings.